The number of nitrogens with two attached hydrogens (primary N) is 2. The first kappa shape index (κ1) is 24.3. The van der Waals surface area contributed by atoms with E-state index in [0.717, 1.165) is 41.8 Å². The highest BCUT2D eigenvalue weighted by molar-refractivity contribution is 6.07. The number of nitrogen functional groups attached to an aromatic ring is 1. The Bertz CT molecular complexity index is 1470. The van der Waals surface area contributed by atoms with Gasteiger partial charge in [-0.05, 0) is 73.5 Å². The molecule has 2 heterocycles. The van der Waals surface area contributed by atoms with Crippen molar-refractivity contribution in [1.82, 2.24) is 9.47 Å². The summed E-state index contributed by atoms with van der Waals surface area (Å²) in [5, 5.41) is 11.7. The summed E-state index contributed by atoms with van der Waals surface area (Å²) >= 11 is 0. The van der Waals surface area contributed by atoms with E-state index in [4.69, 9.17) is 16.9 Å². The summed E-state index contributed by atoms with van der Waals surface area (Å²) < 4.78 is 1.90. The largest absolute Gasteiger partial charge is 0.384 e. The van der Waals surface area contributed by atoms with Crippen molar-refractivity contribution in [2.45, 2.75) is 25.9 Å². The number of amides is 2. The minimum absolute atomic E-state index is 0.0412. The molecular formula is C29H30N6O2. The molecule has 8 heteroatoms. The van der Waals surface area contributed by atoms with Gasteiger partial charge in [0, 0.05) is 40.8 Å². The second-order valence-electron chi connectivity index (χ2n) is 9.50. The summed E-state index contributed by atoms with van der Waals surface area (Å²) in [7, 11) is 0. The zero-order chi connectivity index (χ0) is 25.9. The van der Waals surface area contributed by atoms with Gasteiger partial charge in [-0.2, -0.15) is 0 Å². The molecule has 1 aromatic heterocycles. The maximum absolute atomic E-state index is 13.5. The average molecular weight is 495 g/mol. The Morgan fingerprint density at radius 3 is 2.08 bits per heavy atom. The number of hydrogen-bond donors (Lipinski definition) is 4. The summed E-state index contributed by atoms with van der Waals surface area (Å²) in [5.74, 6) is -0.766. The van der Waals surface area contributed by atoms with Crippen molar-refractivity contribution in [3.8, 4) is 0 Å². The zero-order valence-corrected chi connectivity index (χ0v) is 20.5. The Balaban J connectivity index is 1.43. The van der Waals surface area contributed by atoms with Crippen molar-refractivity contribution in [2.24, 2.45) is 11.5 Å². The van der Waals surface area contributed by atoms with Gasteiger partial charge < -0.3 is 21.4 Å². The molecular weight excluding hydrogens is 464 g/mol. The van der Waals surface area contributed by atoms with E-state index in [9.17, 15) is 9.59 Å². The molecule has 4 aromatic rings. The minimum atomic E-state index is -0.490. The fourth-order valence-corrected chi connectivity index (χ4v) is 4.83. The Hall–Kier alpha value is -4.43. The third-order valence-electron chi connectivity index (χ3n) is 6.84. The topological polar surface area (TPSA) is 130 Å². The number of fused-ring (bicyclic) bond motifs is 1. The van der Waals surface area contributed by atoms with Crippen molar-refractivity contribution in [3.63, 3.8) is 0 Å². The molecule has 0 unspecified atom stereocenters. The third kappa shape index (κ3) is 5.39. The van der Waals surface area contributed by atoms with E-state index >= 15 is 0 Å². The summed E-state index contributed by atoms with van der Waals surface area (Å²) in [5.41, 5.74) is 16.2. The summed E-state index contributed by atoms with van der Waals surface area (Å²) in [6.45, 7) is 3.59. The number of carbonyl (C=O) groups is 2. The molecule has 188 valence electrons. The second-order valence-corrected chi connectivity index (χ2v) is 9.50. The van der Waals surface area contributed by atoms with Gasteiger partial charge in [0.1, 0.15) is 11.5 Å². The molecule has 8 nitrogen and oxygen atoms in total. The van der Waals surface area contributed by atoms with Gasteiger partial charge in [0.25, 0.3) is 5.91 Å². The molecule has 0 atom stereocenters. The number of hydrogen-bond acceptors (Lipinski definition) is 4. The monoisotopic (exact) mass is 494 g/mol. The van der Waals surface area contributed by atoms with Crippen LogP contribution >= 0.6 is 0 Å². The number of nitrogens with zero attached hydrogens (tertiary/aromatic N) is 2. The van der Waals surface area contributed by atoms with E-state index in [2.05, 4.69) is 22.3 Å². The number of aromatic nitrogens is 1. The number of nitrogens with one attached hydrogen (secondary N) is 2. The summed E-state index contributed by atoms with van der Waals surface area (Å²) in [4.78, 5) is 27.4. The average Bonchev–Trinajstić information content (AvgIpc) is 3.53. The van der Waals surface area contributed by atoms with Crippen LogP contribution in [0.1, 0.15) is 50.4 Å². The molecule has 0 saturated carbocycles. The maximum atomic E-state index is 13.5. The molecule has 1 saturated heterocycles. The van der Waals surface area contributed by atoms with E-state index < -0.39 is 5.91 Å². The van der Waals surface area contributed by atoms with Crippen molar-refractivity contribution < 1.29 is 9.59 Å². The van der Waals surface area contributed by atoms with Gasteiger partial charge in [0.15, 0.2) is 0 Å². The van der Waals surface area contributed by atoms with Gasteiger partial charge in [-0.3, -0.25) is 19.9 Å². The van der Waals surface area contributed by atoms with E-state index in [-0.39, 0.29) is 11.7 Å². The predicted octanol–water partition coefficient (Wildman–Crippen LogP) is 3.92. The lowest BCUT2D eigenvalue weighted by Gasteiger charge is -2.15. The van der Waals surface area contributed by atoms with E-state index in [1.807, 2.05) is 47.0 Å². The first-order chi connectivity index (χ1) is 17.9. The Labute approximate surface area is 215 Å². The van der Waals surface area contributed by atoms with Gasteiger partial charge >= 0.3 is 0 Å². The number of amidine groups is 1. The van der Waals surface area contributed by atoms with Crippen molar-refractivity contribution >= 4 is 34.2 Å². The summed E-state index contributed by atoms with van der Waals surface area (Å²) in [6, 6.07) is 22.3. The third-order valence-corrected chi connectivity index (χ3v) is 6.84. The molecule has 5 rings (SSSR count). The van der Waals surface area contributed by atoms with Gasteiger partial charge in [-0.25, -0.2) is 0 Å². The van der Waals surface area contributed by atoms with Crippen molar-refractivity contribution in [2.75, 3.05) is 18.4 Å². The highest BCUT2D eigenvalue weighted by atomic mass is 16.2. The highest BCUT2D eigenvalue weighted by Crippen LogP contribution is 2.24. The van der Waals surface area contributed by atoms with Crippen LogP contribution in [0.15, 0.2) is 72.8 Å². The number of likely N-dealkylation sites (tertiary alicyclic amines) is 1. The minimum Gasteiger partial charge on any atom is -0.384 e. The van der Waals surface area contributed by atoms with E-state index in [1.165, 1.54) is 18.4 Å². The molecule has 37 heavy (non-hydrogen) atoms. The lowest BCUT2D eigenvalue weighted by molar-refractivity contribution is 0.0997. The normalized spacial score (nSPS) is 13.6. The number of carbonyl (C=O) groups excluding carboxylic acids is 2. The van der Waals surface area contributed by atoms with Crippen LogP contribution in [0, 0.1) is 5.41 Å². The first-order valence-electron chi connectivity index (χ1n) is 12.4. The molecule has 0 aliphatic carbocycles. The van der Waals surface area contributed by atoms with E-state index in [0.29, 0.717) is 23.4 Å². The van der Waals surface area contributed by atoms with Crippen molar-refractivity contribution in [1.29, 1.82) is 5.41 Å². The Morgan fingerprint density at radius 1 is 0.811 bits per heavy atom. The number of anilines is 1. The summed E-state index contributed by atoms with van der Waals surface area (Å²) in [6.07, 6.45) is 2.51. The van der Waals surface area contributed by atoms with Crippen LogP contribution < -0.4 is 16.8 Å². The van der Waals surface area contributed by atoms with Crippen LogP contribution in [0.25, 0.3) is 10.9 Å². The van der Waals surface area contributed by atoms with E-state index in [1.54, 1.807) is 18.2 Å². The molecule has 3 aromatic carbocycles. The predicted molar refractivity (Wildman–Crippen MR) is 146 cm³/mol. The Morgan fingerprint density at radius 2 is 1.43 bits per heavy atom. The van der Waals surface area contributed by atoms with Gasteiger partial charge in [-0.1, -0.05) is 36.4 Å². The van der Waals surface area contributed by atoms with Crippen LogP contribution in [0.2, 0.25) is 0 Å². The van der Waals surface area contributed by atoms with Crippen LogP contribution in [0.3, 0.4) is 0 Å². The molecule has 0 radical (unpaired) electrons. The second kappa shape index (κ2) is 10.3. The highest BCUT2D eigenvalue weighted by Gasteiger charge is 2.18. The van der Waals surface area contributed by atoms with Crippen LogP contribution in [-0.2, 0) is 13.1 Å². The number of primary amides is 1. The molecule has 1 aliphatic heterocycles. The smallest absolute Gasteiger partial charge is 0.272 e. The zero-order valence-electron chi connectivity index (χ0n) is 20.5. The van der Waals surface area contributed by atoms with Gasteiger partial charge in [-0.15, -0.1) is 0 Å². The molecule has 0 bridgehead atoms. The fourth-order valence-electron chi connectivity index (χ4n) is 4.83. The number of rotatable bonds is 8. The van der Waals surface area contributed by atoms with Gasteiger partial charge in [0.05, 0.1) is 0 Å². The lowest BCUT2D eigenvalue weighted by Crippen LogP contribution is -2.19. The van der Waals surface area contributed by atoms with Crippen LogP contribution in [0.4, 0.5) is 5.69 Å². The van der Waals surface area contributed by atoms with Crippen LogP contribution in [0.5, 0.6) is 0 Å². The fraction of sp³-hybridized carbons (Fsp3) is 0.207. The molecule has 1 aliphatic rings. The molecule has 6 N–H and O–H groups in total. The lowest BCUT2D eigenvalue weighted by atomic mass is 10.1. The maximum Gasteiger partial charge on any atom is 0.272 e. The first-order valence-corrected chi connectivity index (χ1v) is 12.4. The SMILES string of the molecule is N=C(N)c1ccc2cc(C(=O)Nc3ccc(CN4CCCC4)cc3)n(Cc3ccc(C(N)=O)cc3)c2c1. The molecule has 0 spiro atoms. The number of benzene rings is 3. The van der Waals surface area contributed by atoms with Gasteiger partial charge in [0.2, 0.25) is 5.91 Å². The molecule has 2 amide bonds. The van der Waals surface area contributed by atoms with Crippen LogP contribution in [-0.4, -0.2) is 40.2 Å². The standard InChI is InChI=1S/C29H30N6O2/c30-27(31)23-10-9-22-15-26(35(25(22)16-23)18-20-3-7-21(8-4-20)28(32)36)29(37)33-24-11-5-19(6-12-24)17-34-13-1-2-14-34/h3-12,15-16H,1-2,13-14,17-18H2,(H3,30,31)(H2,32,36)(H,33,37). The quantitative estimate of drug-likeness (QED) is 0.218. The Kier molecular flexibility index (Phi) is 6.74. The van der Waals surface area contributed by atoms with Crippen molar-refractivity contribution in [3.05, 3.63) is 101 Å². The molecule has 1 fully saturated rings.